The van der Waals surface area contributed by atoms with Crippen LogP contribution in [0.25, 0.3) is 0 Å². The second-order valence-electron chi connectivity index (χ2n) is 2.23. The molecule has 0 radical (unpaired) electrons. The van der Waals surface area contributed by atoms with Crippen molar-refractivity contribution in [2.75, 3.05) is 6.54 Å². The van der Waals surface area contributed by atoms with Crippen LogP contribution >= 0.6 is 0 Å². The van der Waals surface area contributed by atoms with Gasteiger partial charge < -0.3 is 15.8 Å². The van der Waals surface area contributed by atoms with Gasteiger partial charge in [-0.15, -0.1) is 0 Å². The standard InChI is InChI=1S/C7H8N2O3/c8-2-6(10)4-1-5(7(11)12)9-3-4/h1,3,9H,2,8H2,(H,11,12). The number of hydrogen-bond donors (Lipinski definition) is 3. The maximum absolute atomic E-state index is 10.9. The number of Topliss-reactive ketones (excluding diaryl/α,β-unsaturated/α-hetero) is 1. The SMILES string of the molecule is NCC(=O)c1c[nH]c(C(=O)O)c1. The average Bonchev–Trinajstić information content (AvgIpc) is 2.51. The molecule has 0 aliphatic carbocycles. The Hall–Kier alpha value is -1.62. The molecule has 0 amide bonds. The van der Waals surface area contributed by atoms with Crippen molar-refractivity contribution >= 4 is 11.8 Å². The van der Waals surface area contributed by atoms with Crippen LogP contribution in [0.5, 0.6) is 0 Å². The van der Waals surface area contributed by atoms with E-state index in [0.29, 0.717) is 5.56 Å². The molecule has 1 heterocycles. The first-order valence-electron chi connectivity index (χ1n) is 3.30. The van der Waals surface area contributed by atoms with Gasteiger partial charge in [-0.05, 0) is 6.07 Å². The number of hydrogen-bond acceptors (Lipinski definition) is 3. The van der Waals surface area contributed by atoms with Crippen LogP contribution in [0.1, 0.15) is 20.8 Å². The molecule has 0 aliphatic rings. The first-order chi connectivity index (χ1) is 5.65. The van der Waals surface area contributed by atoms with Crippen molar-refractivity contribution in [2.24, 2.45) is 5.73 Å². The molecular formula is C7H8N2O3. The molecule has 4 N–H and O–H groups in total. The van der Waals surface area contributed by atoms with Crippen molar-refractivity contribution in [1.29, 1.82) is 0 Å². The summed E-state index contributed by atoms with van der Waals surface area (Å²) in [6, 6.07) is 1.26. The topological polar surface area (TPSA) is 96.2 Å². The molecule has 0 atom stereocenters. The number of carboxylic acid groups (broad SMARTS) is 1. The Morgan fingerprint density at radius 3 is 2.67 bits per heavy atom. The van der Waals surface area contributed by atoms with E-state index in [1.165, 1.54) is 12.3 Å². The molecule has 64 valence electrons. The summed E-state index contributed by atoms with van der Waals surface area (Å²) < 4.78 is 0. The Morgan fingerprint density at radius 1 is 1.58 bits per heavy atom. The Labute approximate surface area is 68.2 Å². The summed E-state index contributed by atoms with van der Waals surface area (Å²) in [7, 11) is 0. The van der Waals surface area contributed by atoms with E-state index in [1.54, 1.807) is 0 Å². The van der Waals surface area contributed by atoms with Gasteiger partial charge >= 0.3 is 5.97 Å². The molecular weight excluding hydrogens is 160 g/mol. The number of carbonyl (C=O) groups excluding carboxylic acids is 1. The lowest BCUT2D eigenvalue weighted by Gasteiger charge is -1.87. The first kappa shape index (κ1) is 8.48. The zero-order valence-corrected chi connectivity index (χ0v) is 6.20. The minimum atomic E-state index is -1.09. The van der Waals surface area contributed by atoms with E-state index in [1.807, 2.05) is 0 Å². The third-order valence-electron chi connectivity index (χ3n) is 1.42. The minimum Gasteiger partial charge on any atom is -0.477 e. The highest BCUT2D eigenvalue weighted by molar-refractivity contribution is 5.99. The number of carboxylic acids is 1. The van der Waals surface area contributed by atoms with Crippen molar-refractivity contribution in [2.45, 2.75) is 0 Å². The molecule has 0 aliphatic heterocycles. The lowest BCUT2D eigenvalue weighted by atomic mass is 10.2. The minimum absolute atomic E-state index is 0.00759. The Morgan fingerprint density at radius 2 is 2.25 bits per heavy atom. The number of rotatable bonds is 3. The van der Waals surface area contributed by atoms with Crippen molar-refractivity contribution in [3.05, 3.63) is 23.5 Å². The van der Waals surface area contributed by atoms with Gasteiger partial charge in [0.15, 0.2) is 5.78 Å². The van der Waals surface area contributed by atoms with E-state index >= 15 is 0 Å². The summed E-state index contributed by atoms with van der Waals surface area (Å²) in [5, 5.41) is 8.48. The van der Waals surface area contributed by atoms with Crippen LogP contribution in [0.2, 0.25) is 0 Å². The van der Waals surface area contributed by atoms with Gasteiger partial charge in [-0.25, -0.2) is 4.79 Å². The van der Waals surface area contributed by atoms with Gasteiger partial charge in [0.2, 0.25) is 0 Å². The molecule has 1 aromatic rings. The number of aromatic amines is 1. The van der Waals surface area contributed by atoms with Gasteiger partial charge in [0, 0.05) is 11.8 Å². The molecule has 0 unspecified atom stereocenters. The van der Waals surface area contributed by atoms with Crippen LogP contribution in [0.4, 0.5) is 0 Å². The van der Waals surface area contributed by atoms with Gasteiger partial charge in [0.1, 0.15) is 5.69 Å². The molecule has 5 nitrogen and oxygen atoms in total. The molecule has 12 heavy (non-hydrogen) atoms. The second-order valence-corrected chi connectivity index (χ2v) is 2.23. The van der Waals surface area contributed by atoms with Crippen molar-refractivity contribution in [3.63, 3.8) is 0 Å². The van der Waals surface area contributed by atoms with Crippen molar-refractivity contribution < 1.29 is 14.7 Å². The number of nitrogens with one attached hydrogen (secondary N) is 1. The number of H-pyrrole nitrogens is 1. The number of nitrogens with two attached hydrogens (primary N) is 1. The van der Waals surface area contributed by atoms with E-state index in [4.69, 9.17) is 10.8 Å². The molecule has 1 aromatic heterocycles. The third-order valence-corrected chi connectivity index (χ3v) is 1.42. The van der Waals surface area contributed by atoms with Gasteiger partial charge in [-0.1, -0.05) is 0 Å². The summed E-state index contributed by atoms with van der Waals surface area (Å²) in [4.78, 5) is 23.7. The quantitative estimate of drug-likeness (QED) is 0.547. The smallest absolute Gasteiger partial charge is 0.352 e. The van der Waals surface area contributed by atoms with E-state index in [0.717, 1.165) is 0 Å². The third kappa shape index (κ3) is 1.51. The number of carbonyl (C=O) groups is 2. The second kappa shape index (κ2) is 3.19. The molecule has 5 heteroatoms. The maximum atomic E-state index is 10.9. The molecule has 0 saturated heterocycles. The zero-order chi connectivity index (χ0) is 9.14. The Bertz CT molecular complexity index is 316. The number of ketones is 1. The predicted octanol–water partition coefficient (Wildman–Crippen LogP) is -0.146. The van der Waals surface area contributed by atoms with Gasteiger partial charge in [0.05, 0.1) is 6.54 Å². The van der Waals surface area contributed by atoms with E-state index in [-0.39, 0.29) is 18.0 Å². The molecule has 1 rings (SSSR count). The highest BCUT2D eigenvalue weighted by atomic mass is 16.4. The fourth-order valence-electron chi connectivity index (χ4n) is 0.797. The summed E-state index contributed by atoms with van der Waals surface area (Å²) >= 11 is 0. The van der Waals surface area contributed by atoms with Crippen LogP contribution < -0.4 is 5.73 Å². The van der Waals surface area contributed by atoms with Crippen LogP contribution in [-0.2, 0) is 0 Å². The number of aromatic carboxylic acids is 1. The van der Waals surface area contributed by atoms with Crippen LogP contribution in [-0.4, -0.2) is 28.4 Å². The fourth-order valence-corrected chi connectivity index (χ4v) is 0.797. The average molecular weight is 168 g/mol. The Kier molecular flexibility index (Phi) is 2.25. The number of aromatic nitrogens is 1. The highest BCUT2D eigenvalue weighted by Gasteiger charge is 2.09. The molecule has 0 spiro atoms. The van der Waals surface area contributed by atoms with E-state index in [2.05, 4.69) is 4.98 Å². The maximum Gasteiger partial charge on any atom is 0.352 e. The summed E-state index contributed by atoms with van der Waals surface area (Å²) in [5.41, 5.74) is 5.37. The van der Waals surface area contributed by atoms with Gasteiger partial charge in [-0.2, -0.15) is 0 Å². The van der Waals surface area contributed by atoms with Gasteiger partial charge in [-0.3, -0.25) is 4.79 Å². The van der Waals surface area contributed by atoms with Crippen molar-refractivity contribution in [1.82, 2.24) is 4.98 Å². The largest absolute Gasteiger partial charge is 0.477 e. The summed E-state index contributed by atoms with van der Waals surface area (Å²) in [6.45, 7) is -0.114. The van der Waals surface area contributed by atoms with Crippen LogP contribution in [0.15, 0.2) is 12.3 Å². The molecule has 0 fully saturated rings. The molecule has 0 saturated carbocycles. The normalized spacial score (nSPS) is 9.75. The van der Waals surface area contributed by atoms with Crippen LogP contribution in [0.3, 0.4) is 0 Å². The van der Waals surface area contributed by atoms with Crippen molar-refractivity contribution in [3.8, 4) is 0 Å². The van der Waals surface area contributed by atoms with Crippen LogP contribution in [0, 0.1) is 0 Å². The predicted molar refractivity (Wildman–Crippen MR) is 41.1 cm³/mol. The van der Waals surface area contributed by atoms with E-state index < -0.39 is 5.97 Å². The summed E-state index contributed by atoms with van der Waals surface area (Å²) in [6.07, 6.45) is 1.33. The fraction of sp³-hybridized carbons (Fsp3) is 0.143. The first-order valence-corrected chi connectivity index (χ1v) is 3.30. The lowest BCUT2D eigenvalue weighted by molar-refractivity contribution is 0.0691. The zero-order valence-electron chi connectivity index (χ0n) is 6.20. The lowest BCUT2D eigenvalue weighted by Crippen LogP contribution is -2.12. The monoisotopic (exact) mass is 168 g/mol. The van der Waals surface area contributed by atoms with E-state index in [9.17, 15) is 9.59 Å². The summed E-state index contributed by atoms with van der Waals surface area (Å²) in [5.74, 6) is -1.37. The highest BCUT2D eigenvalue weighted by Crippen LogP contribution is 2.03. The van der Waals surface area contributed by atoms with Gasteiger partial charge in [0.25, 0.3) is 0 Å². The Balaban J connectivity index is 2.91. The molecule has 0 bridgehead atoms. The molecule has 0 aromatic carbocycles.